The van der Waals surface area contributed by atoms with Crippen molar-refractivity contribution in [3.8, 4) is 22.6 Å². The van der Waals surface area contributed by atoms with Crippen LogP contribution in [0.3, 0.4) is 0 Å². The summed E-state index contributed by atoms with van der Waals surface area (Å²) in [5.41, 5.74) is 8.64. The number of benzene rings is 3. The lowest BCUT2D eigenvalue weighted by Gasteiger charge is -2.22. The van der Waals surface area contributed by atoms with Crippen LogP contribution in [0.1, 0.15) is 57.1 Å². The van der Waals surface area contributed by atoms with Crippen molar-refractivity contribution < 1.29 is 8.83 Å². The maximum atomic E-state index is 6.63. The molecule has 0 aliphatic carbocycles. The van der Waals surface area contributed by atoms with Crippen LogP contribution in [-0.4, -0.2) is 4.98 Å². The van der Waals surface area contributed by atoms with Crippen molar-refractivity contribution in [3.05, 3.63) is 89.3 Å². The van der Waals surface area contributed by atoms with Crippen molar-refractivity contribution in [3.63, 3.8) is 0 Å². The van der Waals surface area contributed by atoms with Gasteiger partial charge in [-0.25, -0.2) is 0 Å². The van der Waals surface area contributed by atoms with E-state index in [0.29, 0.717) is 5.92 Å². The minimum absolute atomic E-state index is 0.00170. The van der Waals surface area contributed by atoms with E-state index in [1.165, 1.54) is 21.9 Å². The first-order valence-electron chi connectivity index (χ1n) is 13.6. The molecule has 0 bridgehead atoms. The van der Waals surface area contributed by atoms with Gasteiger partial charge in [-0.05, 0) is 72.2 Å². The maximum Gasteiger partial charge on any atom is 0.139 e. The van der Waals surface area contributed by atoms with Crippen LogP contribution in [-0.2, 0) is 11.8 Å². The molecule has 0 unspecified atom stereocenters. The second-order valence-electron chi connectivity index (χ2n) is 12.0. The maximum absolute atomic E-state index is 6.63. The Kier molecular flexibility index (Phi) is 5.72. The van der Waals surface area contributed by atoms with E-state index in [0.717, 1.165) is 62.3 Å². The van der Waals surface area contributed by atoms with Crippen molar-refractivity contribution >= 4 is 32.7 Å². The summed E-state index contributed by atoms with van der Waals surface area (Å²) < 4.78 is 12.8. The Morgan fingerprint density at radius 3 is 2.37 bits per heavy atom. The van der Waals surface area contributed by atoms with E-state index in [-0.39, 0.29) is 5.41 Å². The quantitative estimate of drug-likeness (QED) is 0.241. The van der Waals surface area contributed by atoms with Gasteiger partial charge in [0.25, 0.3) is 0 Å². The highest BCUT2D eigenvalue weighted by Crippen LogP contribution is 2.43. The van der Waals surface area contributed by atoms with Crippen LogP contribution >= 0.6 is 0 Å². The third-order valence-corrected chi connectivity index (χ3v) is 7.66. The number of hydrogen-bond donors (Lipinski definition) is 0. The molecule has 3 heterocycles. The highest BCUT2D eigenvalue weighted by atomic mass is 16.3. The molecule has 0 amide bonds. The van der Waals surface area contributed by atoms with Crippen LogP contribution in [0, 0.1) is 19.8 Å². The third kappa shape index (κ3) is 3.93. The molecule has 6 aromatic rings. The first-order valence-corrected chi connectivity index (χ1v) is 13.6. The lowest BCUT2D eigenvalue weighted by molar-refractivity contribution is 0.560. The Labute approximate surface area is 224 Å². The molecule has 0 aliphatic heterocycles. The van der Waals surface area contributed by atoms with Gasteiger partial charge < -0.3 is 8.83 Å². The number of aromatic nitrogens is 1. The summed E-state index contributed by atoms with van der Waals surface area (Å²) in [7, 11) is 0. The normalized spacial score (nSPS) is 12.4. The standard InChI is InChI=1S/C35H35NO2/c1-20(2)17-27-22(4)37-29-14-10-13-26(32(27)29)34-21(3)31-30(38-34)15-16-36-33(31)24-18-23-11-8-9-12-25(23)28(19-24)35(5,6)7/h8-16,18-20H,17H2,1-7H3. The molecule has 0 spiro atoms. The summed E-state index contributed by atoms with van der Waals surface area (Å²) >= 11 is 0. The number of nitrogens with zero attached hydrogens (tertiary/aromatic N) is 1. The molecule has 192 valence electrons. The summed E-state index contributed by atoms with van der Waals surface area (Å²) in [5.74, 6) is 2.41. The fourth-order valence-corrected chi connectivity index (χ4v) is 5.91. The molecule has 0 aliphatic rings. The Hall–Kier alpha value is -3.85. The molecule has 3 nitrogen and oxygen atoms in total. The predicted molar refractivity (Wildman–Crippen MR) is 159 cm³/mol. The van der Waals surface area contributed by atoms with E-state index < -0.39 is 0 Å². The van der Waals surface area contributed by atoms with Crippen LogP contribution in [0.15, 0.2) is 75.7 Å². The monoisotopic (exact) mass is 501 g/mol. The molecule has 0 radical (unpaired) electrons. The summed E-state index contributed by atoms with van der Waals surface area (Å²) in [6.45, 7) is 15.6. The molecular weight excluding hydrogens is 466 g/mol. The van der Waals surface area contributed by atoms with Gasteiger partial charge in [0.05, 0.1) is 11.1 Å². The van der Waals surface area contributed by atoms with Crippen molar-refractivity contribution in [1.29, 1.82) is 0 Å². The molecule has 0 atom stereocenters. The zero-order valence-electron chi connectivity index (χ0n) is 23.4. The molecule has 0 saturated carbocycles. The molecule has 3 aromatic heterocycles. The summed E-state index contributed by atoms with van der Waals surface area (Å²) in [4.78, 5) is 4.92. The van der Waals surface area contributed by atoms with Gasteiger partial charge in [0.2, 0.25) is 0 Å². The molecule has 3 aromatic carbocycles. The van der Waals surface area contributed by atoms with Crippen molar-refractivity contribution in [2.45, 2.75) is 60.3 Å². The predicted octanol–water partition coefficient (Wildman–Crippen LogP) is 10.2. The second kappa shape index (κ2) is 8.87. The first kappa shape index (κ1) is 24.5. The van der Waals surface area contributed by atoms with Gasteiger partial charge in [-0.15, -0.1) is 0 Å². The minimum Gasteiger partial charge on any atom is -0.461 e. The number of pyridine rings is 1. The van der Waals surface area contributed by atoms with Gasteiger partial charge >= 0.3 is 0 Å². The van der Waals surface area contributed by atoms with Crippen molar-refractivity contribution in [1.82, 2.24) is 4.98 Å². The average Bonchev–Trinajstić information content (AvgIpc) is 3.38. The lowest BCUT2D eigenvalue weighted by atomic mass is 9.82. The van der Waals surface area contributed by atoms with E-state index >= 15 is 0 Å². The number of rotatable bonds is 4. The number of furan rings is 2. The second-order valence-corrected chi connectivity index (χ2v) is 12.0. The van der Waals surface area contributed by atoms with Crippen LogP contribution in [0.2, 0.25) is 0 Å². The van der Waals surface area contributed by atoms with Gasteiger partial charge in [0.15, 0.2) is 0 Å². The van der Waals surface area contributed by atoms with Gasteiger partial charge in [0, 0.05) is 33.8 Å². The van der Waals surface area contributed by atoms with Gasteiger partial charge in [-0.3, -0.25) is 4.98 Å². The first-order chi connectivity index (χ1) is 18.1. The number of hydrogen-bond acceptors (Lipinski definition) is 3. The fourth-order valence-electron chi connectivity index (χ4n) is 5.91. The lowest BCUT2D eigenvalue weighted by Crippen LogP contribution is -2.12. The van der Waals surface area contributed by atoms with Crippen LogP contribution in [0.4, 0.5) is 0 Å². The zero-order chi connectivity index (χ0) is 26.8. The smallest absolute Gasteiger partial charge is 0.139 e. The van der Waals surface area contributed by atoms with Crippen molar-refractivity contribution in [2.75, 3.05) is 0 Å². The van der Waals surface area contributed by atoms with Crippen LogP contribution < -0.4 is 0 Å². The van der Waals surface area contributed by atoms with Gasteiger partial charge in [-0.2, -0.15) is 0 Å². The molecule has 0 fully saturated rings. The van der Waals surface area contributed by atoms with E-state index in [2.05, 4.69) is 103 Å². The third-order valence-electron chi connectivity index (χ3n) is 7.66. The van der Waals surface area contributed by atoms with Crippen molar-refractivity contribution in [2.24, 2.45) is 5.92 Å². The van der Waals surface area contributed by atoms with E-state index in [1.54, 1.807) is 0 Å². The summed E-state index contributed by atoms with van der Waals surface area (Å²) in [6.07, 6.45) is 2.83. The SMILES string of the molecule is Cc1oc2cccc(-c3oc4ccnc(-c5cc(C(C)(C)C)c6ccccc6c5)c4c3C)c2c1CC(C)C. The molecule has 3 heteroatoms. The minimum atomic E-state index is 0.00170. The van der Waals surface area contributed by atoms with E-state index in [4.69, 9.17) is 13.8 Å². The Bertz CT molecular complexity index is 1820. The molecule has 0 saturated heterocycles. The largest absolute Gasteiger partial charge is 0.461 e. The topological polar surface area (TPSA) is 39.2 Å². The summed E-state index contributed by atoms with van der Waals surface area (Å²) in [6, 6.07) is 21.5. The average molecular weight is 502 g/mol. The molecule has 0 N–H and O–H groups in total. The van der Waals surface area contributed by atoms with Gasteiger partial charge in [-0.1, -0.05) is 71.0 Å². The van der Waals surface area contributed by atoms with Gasteiger partial charge in [0.1, 0.15) is 22.7 Å². The molecular formula is C35H35NO2. The highest BCUT2D eigenvalue weighted by molar-refractivity contribution is 6.04. The summed E-state index contributed by atoms with van der Waals surface area (Å²) in [5, 5.41) is 4.75. The van der Waals surface area contributed by atoms with Crippen LogP contribution in [0.5, 0.6) is 0 Å². The number of aryl methyl sites for hydroxylation is 2. The fraction of sp³-hybridized carbons (Fsp3) is 0.286. The highest BCUT2D eigenvalue weighted by Gasteiger charge is 2.24. The molecule has 6 rings (SSSR count). The van der Waals surface area contributed by atoms with Crippen LogP contribution in [0.25, 0.3) is 55.3 Å². The van der Waals surface area contributed by atoms with E-state index in [1.807, 2.05) is 12.3 Å². The molecule has 38 heavy (non-hydrogen) atoms. The Morgan fingerprint density at radius 2 is 1.61 bits per heavy atom. The Balaban J connectivity index is 1.62. The van der Waals surface area contributed by atoms with E-state index in [9.17, 15) is 0 Å². The zero-order valence-corrected chi connectivity index (χ0v) is 23.4. The number of fused-ring (bicyclic) bond motifs is 3. The Morgan fingerprint density at radius 1 is 0.842 bits per heavy atom.